The quantitative estimate of drug-likeness (QED) is 0.846. The molecular formula is C13H14Cl2O. The minimum Gasteiger partial charge on any atom is -0.388 e. The average Bonchev–Trinajstić information content (AvgIpc) is 2.89. The summed E-state index contributed by atoms with van der Waals surface area (Å²) in [5.74, 6) is 2.12. The summed E-state index contributed by atoms with van der Waals surface area (Å²) < 4.78 is 0. The molecule has 2 aliphatic rings. The maximum atomic E-state index is 10.3. The molecule has 0 spiro atoms. The Hall–Kier alpha value is -0.240. The largest absolute Gasteiger partial charge is 0.388 e. The van der Waals surface area contributed by atoms with Gasteiger partial charge in [-0.3, -0.25) is 0 Å². The zero-order valence-corrected chi connectivity index (χ0v) is 10.4. The van der Waals surface area contributed by atoms with Gasteiger partial charge in [0.1, 0.15) is 0 Å². The van der Waals surface area contributed by atoms with E-state index in [2.05, 4.69) is 0 Å². The van der Waals surface area contributed by atoms with Crippen LogP contribution in [0.25, 0.3) is 0 Å². The predicted octanol–water partition coefficient (Wildman–Crippen LogP) is 4.07. The van der Waals surface area contributed by atoms with Crippen molar-refractivity contribution >= 4 is 23.2 Å². The molecule has 0 heterocycles. The van der Waals surface area contributed by atoms with Crippen LogP contribution < -0.4 is 0 Å². The van der Waals surface area contributed by atoms with Gasteiger partial charge in [-0.15, -0.1) is 0 Å². The molecule has 1 aromatic carbocycles. The molecule has 3 atom stereocenters. The number of benzene rings is 1. The lowest BCUT2D eigenvalue weighted by molar-refractivity contribution is 0.104. The van der Waals surface area contributed by atoms with Crippen molar-refractivity contribution in [2.24, 2.45) is 17.8 Å². The third-order valence-corrected chi connectivity index (χ3v) is 4.86. The van der Waals surface area contributed by atoms with Gasteiger partial charge in [0.15, 0.2) is 0 Å². The SMILES string of the molecule is OC(c1cccc(Cl)c1Cl)C1CC2CC2C1. The van der Waals surface area contributed by atoms with Gasteiger partial charge in [0.2, 0.25) is 0 Å². The van der Waals surface area contributed by atoms with Crippen LogP contribution in [-0.2, 0) is 0 Å². The molecule has 3 rings (SSSR count). The van der Waals surface area contributed by atoms with E-state index in [9.17, 15) is 5.11 Å². The van der Waals surface area contributed by atoms with Crippen molar-refractivity contribution < 1.29 is 5.11 Å². The van der Waals surface area contributed by atoms with Gasteiger partial charge in [-0.2, -0.15) is 0 Å². The summed E-state index contributed by atoms with van der Waals surface area (Å²) in [5, 5.41) is 11.4. The molecule has 2 saturated carbocycles. The summed E-state index contributed by atoms with van der Waals surface area (Å²) in [5.41, 5.74) is 0.792. The molecule has 86 valence electrons. The molecule has 1 aromatic rings. The van der Waals surface area contributed by atoms with Gasteiger partial charge in [-0.25, -0.2) is 0 Å². The minimum atomic E-state index is -0.445. The Morgan fingerprint density at radius 3 is 2.50 bits per heavy atom. The van der Waals surface area contributed by atoms with Gasteiger partial charge in [-0.1, -0.05) is 35.3 Å². The molecule has 0 aliphatic heterocycles. The van der Waals surface area contributed by atoms with Crippen LogP contribution in [0.15, 0.2) is 18.2 Å². The molecule has 3 unspecified atom stereocenters. The van der Waals surface area contributed by atoms with Crippen LogP contribution in [0.1, 0.15) is 30.9 Å². The van der Waals surface area contributed by atoms with E-state index < -0.39 is 6.10 Å². The zero-order chi connectivity index (χ0) is 11.3. The highest BCUT2D eigenvalue weighted by molar-refractivity contribution is 6.42. The van der Waals surface area contributed by atoms with Gasteiger partial charge in [-0.05, 0) is 43.1 Å². The lowest BCUT2D eigenvalue weighted by Crippen LogP contribution is -2.11. The second-order valence-corrected chi connectivity index (χ2v) is 5.86. The smallest absolute Gasteiger partial charge is 0.0833 e. The number of aliphatic hydroxyl groups excluding tert-OH is 1. The first-order valence-corrected chi connectivity index (χ1v) is 6.54. The van der Waals surface area contributed by atoms with E-state index in [1.807, 2.05) is 12.1 Å². The molecular weight excluding hydrogens is 243 g/mol. The number of rotatable bonds is 2. The average molecular weight is 257 g/mol. The van der Waals surface area contributed by atoms with E-state index in [-0.39, 0.29) is 0 Å². The summed E-state index contributed by atoms with van der Waals surface area (Å²) in [6.45, 7) is 0. The van der Waals surface area contributed by atoms with Gasteiger partial charge in [0, 0.05) is 5.56 Å². The van der Waals surface area contributed by atoms with Crippen LogP contribution in [0.2, 0.25) is 10.0 Å². The van der Waals surface area contributed by atoms with Crippen molar-refractivity contribution in [1.82, 2.24) is 0 Å². The third kappa shape index (κ3) is 1.75. The summed E-state index contributed by atoms with van der Waals surface area (Å²) in [7, 11) is 0. The fourth-order valence-corrected chi connectivity index (χ4v) is 3.44. The second-order valence-electron chi connectivity index (χ2n) is 5.08. The Morgan fingerprint density at radius 2 is 1.81 bits per heavy atom. The molecule has 0 amide bonds. The standard InChI is InChI=1S/C13H14Cl2O/c14-11-3-1-2-10(12(11)15)13(16)9-5-7-4-8(7)6-9/h1-3,7-9,13,16H,4-6H2. The second kappa shape index (κ2) is 3.90. The van der Waals surface area contributed by atoms with Crippen LogP contribution in [0.4, 0.5) is 0 Å². The lowest BCUT2D eigenvalue weighted by Gasteiger charge is -2.21. The zero-order valence-electron chi connectivity index (χ0n) is 8.87. The maximum absolute atomic E-state index is 10.3. The van der Waals surface area contributed by atoms with Crippen molar-refractivity contribution in [2.45, 2.75) is 25.4 Å². The van der Waals surface area contributed by atoms with Crippen molar-refractivity contribution in [3.63, 3.8) is 0 Å². The van der Waals surface area contributed by atoms with E-state index in [4.69, 9.17) is 23.2 Å². The van der Waals surface area contributed by atoms with Crippen LogP contribution in [0, 0.1) is 17.8 Å². The molecule has 2 aliphatic carbocycles. The number of fused-ring (bicyclic) bond motifs is 1. The van der Waals surface area contributed by atoms with Gasteiger partial charge in [0.05, 0.1) is 16.1 Å². The topological polar surface area (TPSA) is 20.2 Å². The highest BCUT2D eigenvalue weighted by Gasteiger charge is 2.48. The first-order valence-electron chi connectivity index (χ1n) is 5.79. The molecule has 1 nitrogen and oxygen atoms in total. The highest BCUT2D eigenvalue weighted by atomic mass is 35.5. The number of aliphatic hydroxyl groups is 1. The molecule has 16 heavy (non-hydrogen) atoms. The van der Waals surface area contributed by atoms with Gasteiger partial charge < -0.3 is 5.11 Å². The van der Waals surface area contributed by atoms with E-state index >= 15 is 0 Å². The molecule has 0 bridgehead atoms. The predicted molar refractivity (Wildman–Crippen MR) is 65.7 cm³/mol. The van der Waals surface area contributed by atoms with Crippen molar-refractivity contribution in [3.05, 3.63) is 33.8 Å². The van der Waals surface area contributed by atoms with Gasteiger partial charge >= 0.3 is 0 Å². The molecule has 0 saturated heterocycles. The fraction of sp³-hybridized carbons (Fsp3) is 0.538. The maximum Gasteiger partial charge on any atom is 0.0833 e. The van der Waals surface area contributed by atoms with Crippen molar-refractivity contribution in [3.8, 4) is 0 Å². The summed E-state index contributed by atoms with van der Waals surface area (Å²) in [6.07, 6.45) is 3.22. The molecule has 0 aromatic heterocycles. The van der Waals surface area contributed by atoms with E-state index in [0.29, 0.717) is 16.0 Å². The first kappa shape index (κ1) is 10.9. The Balaban J connectivity index is 1.83. The van der Waals surface area contributed by atoms with Crippen LogP contribution >= 0.6 is 23.2 Å². The number of hydrogen-bond acceptors (Lipinski definition) is 1. The normalized spacial score (nSPS) is 33.6. The van der Waals surface area contributed by atoms with Crippen LogP contribution in [0.3, 0.4) is 0 Å². The lowest BCUT2D eigenvalue weighted by atomic mass is 9.91. The van der Waals surface area contributed by atoms with Crippen molar-refractivity contribution in [2.75, 3.05) is 0 Å². The van der Waals surface area contributed by atoms with Crippen molar-refractivity contribution in [1.29, 1.82) is 0 Å². The Morgan fingerprint density at radius 1 is 1.12 bits per heavy atom. The summed E-state index contributed by atoms with van der Waals surface area (Å²) >= 11 is 12.1. The number of halogens is 2. The van der Waals surface area contributed by atoms with E-state index in [0.717, 1.165) is 30.2 Å². The fourth-order valence-electron chi connectivity index (χ4n) is 3.02. The Kier molecular flexibility index (Phi) is 2.66. The van der Waals surface area contributed by atoms with Crippen LogP contribution in [0.5, 0.6) is 0 Å². The minimum absolute atomic E-state index is 0.375. The molecule has 1 N–H and O–H groups in total. The third-order valence-electron chi connectivity index (χ3n) is 4.03. The van der Waals surface area contributed by atoms with Crippen LogP contribution in [-0.4, -0.2) is 5.11 Å². The highest BCUT2D eigenvalue weighted by Crippen LogP contribution is 2.57. The molecule has 3 heteroatoms. The number of hydrogen-bond donors (Lipinski definition) is 1. The monoisotopic (exact) mass is 256 g/mol. The molecule has 2 fully saturated rings. The van der Waals surface area contributed by atoms with Gasteiger partial charge in [0.25, 0.3) is 0 Å². The van der Waals surface area contributed by atoms with E-state index in [1.54, 1.807) is 6.07 Å². The van der Waals surface area contributed by atoms with E-state index in [1.165, 1.54) is 6.42 Å². The summed E-state index contributed by atoms with van der Waals surface area (Å²) in [4.78, 5) is 0. The summed E-state index contributed by atoms with van der Waals surface area (Å²) in [6, 6.07) is 5.48. The molecule has 0 radical (unpaired) electrons. The Bertz CT molecular complexity index is 408. The first-order chi connectivity index (χ1) is 7.66. The Labute approximate surface area is 105 Å².